The quantitative estimate of drug-likeness (QED) is 0.866. The molecule has 1 aromatic carbocycles. The summed E-state index contributed by atoms with van der Waals surface area (Å²) < 4.78 is 5.25. The van der Waals surface area contributed by atoms with Gasteiger partial charge in [-0.25, -0.2) is 4.98 Å². The van der Waals surface area contributed by atoms with E-state index in [-0.39, 0.29) is 0 Å². The summed E-state index contributed by atoms with van der Waals surface area (Å²) in [6, 6.07) is 6.31. The molecule has 0 aliphatic carbocycles. The largest absolute Gasteiger partial charge is 0.497 e. The molecule has 1 aromatic heterocycles. The second-order valence-corrected chi connectivity index (χ2v) is 4.65. The first-order chi connectivity index (χ1) is 9.23. The van der Waals surface area contributed by atoms with E-state index in [0.717, 1.165) is 42.1 Å². The van der Waals surface area contributed by atoms with Crippen molar-refractivity contribution in [1.82, 2.24) is 14.9 Å². The average Bonchev–Trinajstić information content (AvgIpc) is 2.86. The molecular weight excluding hydrogens is 238 g/mol. The SMILES string of the molecule is CCC(c1nc2ccc(OC)cc2[nH]1)N(CC)CC. The summed E-state index contributed by atoms with van der Waals surface area (Å²) in [5.74, 6) is 1.91. The molecule has 1 atom stereocenters. The molecule has 0 fully saturated rings. The standard InChI is InChI=1S/C15H23N3O/c1-5-14(18(6-2)7-3)15-16-12-9-8-11(19-4)10-13(12)17-15/h8-10,14H,5-7H2,1-4H3,(H,16,17). The lowest BCUT2D eigenvalue weighted by atomic mass is 10.2. The first-order valence-corrected chi connectivity index (χ1v) is 7.01. The monoisotopic (exact) mass is 261 g/mol. The number of hydrogen-bond acceptors (Lipinski definition) is 3. The minimum absolute atomic E-state index is 0.355. The third kappa shape index (κ3) is 2.73. The fourth-order valence-electron chi connectivity index (χ4n) is 2.58. The van der Waals surface area contributed by atoms with Gasteiger partial charge in [0.05, 0.1) is 24.2 Å². The minimum Gasteiger partial charge on any atom is -0.497 e. The number of nitrogens with zero attached hydrogens (tertiary/aromatic N) is 2. The first-order valence-electron chi connectivity index (χ1n) is 7.01. The van der Waals surface area contributed by atoms with Crippen molar-refractivity contribution in [2.45, 2.75) is 33.2 Å². The third-order valence-corrected chi connectivity index (χ3v) is 3.66. The Balaban J connectivity index is 2.38. The molecule has 0 saturated carbocycles. The highest BCUT2D eigenvalue weighted by Crippen LogP contribution is 2.25. The van der Waals surface area contributed by atoms with E-state index >= 15 is 0 Å². The van der Waals surface area contributed by atoms with Crippen LogP contribution in [0.5, 0.6) is 5.75 Å². The number of rotatable bonds is 6. The average molecular weight is 261 g/mol. The predicted octanol–water partition coefficient (Wildman–Crippen LogP) is 3.36. The van der Waals surface area contributed by atoms with Crippen LogP contribution < -0.4 is 4.74 Å². The van der Waals surface area contributed by atoms with E-state index in [2.05, 4.69) is 30.7 Å². The van der Waals surface area contributed by atoms with Crippen molar-refractivity contribution in [3.63, 3.8) is 0 Å². The number of benzene rings is 1. The molecular formula is C15H23N3O. The predicted molar refractivity (Wildman–Crippen MR) is 78.6 cm³/mol. The van der Waals surface area contributed by atoms with Gasteiger partial charge in [0.15, 0.2) is 0 Å². The van der Waals surface area contributed by atoms with E-state index in [9.17, 15) is 0 Å². The Labute approximate surface area is 114 Å². The highest BCUT2D eigenvalue weighted by Gasteiger charge is 2.19. The van der Waals surface area contributed by atoms with Crippen molar-refractivity contribution >= 4 is 11.0 Å². The molecule has 1 N–H and O–H groups in total. The Morgan fingerprint density at radius 1 is 1.26 bits per heavy atom. The fraction of sp³-hybridized carbons (Fsp3) is 0.533. The third-order valence-electron chi connectivity index (χ3n) is 3.66. The second-order valence-electron chi connectivity index (χ2n) is 4.65. The number of H-pyrrole nitrogens is 1. The van der Waals surface area contributed by atoms with E-state index in [1.165, 1.54) is 0 Å². The van der Waals surface area contributed by atoms with Crippen LogP contribution in [-0.4, -0.2) is 35.1 Å². The lowest BCUT2D eigenvalue weighted by Crippen LogP contribution is -2.28. The van der Waals surface area contributed by atoms with Crippen molar-refractivity contribution < 1.29 is 4.74 Å². The Morgan fingerprint density at radius 2 is 2.00 bits per heavy atom. The van der Waals surface area contributed by atoms with Crippen LogP contribution in [0.4, 0.5) is 0 Å². The summed E-state index contributed by atoms with van der Waals surface area (Å²) in [7, 11) is 1.68. The number of fused-ring (bicyclic) bond motifs is 1. The number of ether oxygens (including phenoxy) is 1. The Morgan fingerprint density at radius 3 is 2.58 bits per heavy atom. The van der Waals surface area contributed by atoms with Gasteiger partial charge < -0.3 is 9.72 Å². The Bertz CT molecular complexity index is 531. The lowest BCUT2D eigenvalue weighted by molar-refractivity contribution is 0.206. The molecule has 1 heterocycles. The van der Waals surface area contributed by atoms with Crippen LogP contribution in [0.3, 0.4) is 0 Å². The lowest BCUT2D eigenvalue weighted by Gasteiger charge is -2.26. The molecule has 0 spiro atoms. The summed E-state index contributed by atoms with van der Waals surface area (Å²) in [5, 5.41) is 0. The topological polar surface area (TPSA) is 41.1 Å². The maximum absolute atomic E-state index is 5.25. The Hall–Kier alpha value is -1.55. The molecule has 0 bridgehead atoms. The van der Waals surface area contributed by atoms with Crippen LogP contribution >= 0.6 is 0 Å². The van der Waals surface area contributed by atoms with Gasteiger partial charge in [0, 0.05) is 6.07 Å². The molecule has 0 aliphatic rings. The van der Waals surface area contributed by atoms with Gasteiger partial charge in [0.25, 0.3) is 0 Å². The van der Waals surface area contributed by atoms with Crippen molar-refractivity contribution in [1.29, 1.82) is 0 Å². The van der Waals surface area contributed by atoms with Crippen LogP contribution in [0.1, 0.15) is 39.1 Å². The van der Waals surface area contributed by atoms with E-state index < -0.39 is 0 Å². The molecule has 4 nitrogen and oxygen atoms in total. The van der Waals surface area contributed by atoms with Crippen LogP contribution in [0.15, 0.2) is 18.2 Å². The Kier molecular flexibility index (Phi) is 4.43. The van der Waals surface area contributed by atoms with Gasteiger partial charge in [-0.15, -0.1) is 0 Å². The zero-order valence-electron chi connectivity index (χ0n) is 12.2. The molecule has 1 unspecified atom stereocenters. The summed E-state index contributed by atoms with van der Waals surface area (Å²) in [6.45, 7) is 8.66. The molecule has 4 heteroatoms. The number of methoxy groups -OCH3 is 1. The number of aromatic amines is 1. The summed E-state index contributed by atoms with van der Waals surface area (Å²) >= 11 is 0. The molecule has 0 radical (unpaired) electrons. The van der Waals surface area contributed by atoms with Gasteiger partial charge in [0.2, 0.25) is 0 Å². The highest BCUT2D eigenvalue weighted by atomic mass is 16.5. The number of nitrogens with one attached hydrogen (secondary N) is 1. The van der Waals surface area contributed by atoms with Crippen molar-refractivity contribution in [3.8, 4) is 5.75 Å². The van der Waals surface area contributed by atoms with Gasteiger partial charge in [-0.3, -0.25) is 4.90 Å². The molecule has 2 rings (SSSR count). The summed E-state index contributed by atoms with van der Waals surface area (Å²) in [5.41, 5.74) is 2.04. The van der Waals surface area contributed by atoms with Crippen LogP contribution in [0.25, 0.3) is 11.0 Å². The van der Waals surface area contributed by atoms with Crippen molar-refractivity contribution in [3.05, 3.63) is 24.0 Å². The number of imidazole rings is 1. The van der Waals surface area contributed by atoms with Gasteiger partial charge >= 0.3 is 0 Å². The van der Waals surface area contributed by atoms with E-state index in [1.807, 2.05) is 18.2 Å². The molecule has 19 heavy (non-hydrogen) atoms. The van der Waals surface area contributed by atoms with Crippen molar-refractivity contribution in [2.75, 3.05) is 20.2 Å². The second kappa shape index (κ2) is 6.06. The van der Waals surface area contributed by atoms with Gasteiger partial charge in [-0.1, -0.05) is 20.8 Å². The van der Waals surface area contributed by atoms with Gasteiger partial charge in [-0.2, -0.15) is 0 Å². The minimum atomic E-state index is 0.355. The smallest absolute Gasteiger partial charge is 0.124 e. The van der Waals surface area contributed by atoms with E-state index in [4.69, 9.17) is 9.72 Å². The molecule has 0 saturated heterocycles. The first kappa shape index (κ1) is 13.9. The molecule has 0 amide bonds. The molecule has 2 aromatic rings. The normalized spacial score (nSPS) is 13.1. The zero-order chi connectivity index (χ0) is 13.8. The molecule has 104 valence electrons. The van der Waals surface area contributed by atoms with Crippen LogP contribution in [-0.2, 0) is 0 Å². The zero-order valence-corrected chi connectivity index (χ0v) is 12.2. The maximum Gasteiger partial charge on any atom is 0.124 e. The number of aromatic nitrogens is 2. The fourth-order valence-corrected chi connectivity index (χ4v) is 2.58. The van der Waals surface area contributed by atoms with E-state index in [0.29, 0.717) is 6.04 Å². The van der Waals surface area contributed by atoms with Crippen LogP contribution in [0.2, 0.25) is 0 Å². The van der Waals surface area contributed by atoms with Crippen molar-refractivity contribution in [2.24, 2.45) is 0 Å². The highest BCUT2D eigenvalue weighted by molar-refractivity contribution is 5.76. The molecule has 0 aliphatic heterocycles. The summed E-state index contributed by atoms with van der Waals surface area (Å²) in [6.07, 6.45) is 1.05. The maximum atomic E-state index is 5.25. The number of hydrogen-bond donors (Lipinski definition) is 1. The van der Waals surface area contributed by atoms with Gasteiger partial charge in [-0.05, 0) is 31.6 Å². The van der Waals surface area contributed by atoms with E-state index in [1.54, 1.807) is 7.11 Å². The van der Waals surface area contributed by atoms with Gasteiger partial charge in [0.1, 0.15) is 11.6 Å². The van der Waals surface area contributed by atoms with Crippen LogP contribution in [0, 0.1) is 0 Å². The summed E-state index contributed by atoms with van der Waals surface area (Å²) in [4.78, 5) is 10.6.